The number of carbonyl (C=O) groups is 2. The van der Waals surface area contributed by atoms with Crippen molar-refractivity contribution in [2.45, 2.75) is 39.3 Å². The average molecular weight is 329 g/mol. The van der Waals surface area contributed by atoms with Crippen LogP contribution in [0.1, 0.15) is 27.7 Å². The third kappa shape index (κ3) is 5.21. The van der Waals surface area contributed by atoms with Crippen molar-refractivity contribution in [3.8, 4) is 0 Å². The SMILES string of the molecule is C=C(C)[C@H]1C(C(=O)O)N(C(=O)OC(C)(C)C)C[C@H]1COCOC. The first-order valence-electron chi connectivity index (χ1n) is 7.53. The van der Waals surface area contributed by atoms with E-state index in [1.54, 1.807) is 27.7 Å². The van der Waals surface area contributed by atoms with Gasteiger partial charge in [-0.3, -0.25) is 4.90 Å². The number of carbonyl (C=O) groups excluding carboxylic acids is 1. The van der Waals surface area contributed by atoms with E-state index >= 15 is 0 Å². The van der Waals surface area contributed by atoms with Gasteiger partial charge in [0.1, 0.15) is 18.4 Å². The van der Waals surface area contributed by atoms with Crippen molar-refractivity contribution in [1.82, 2.24) is 4.90 Å². The highest BCUT2D eigenvalue weighted by Gasteiger charge is 2.49. The summed E-state index contributed by atoms with van der Waals surface area (Å²) in [5.41, 5.74) is 0.0122. The maximum absolute atomic E-state index is 12.4. The number of hydrogen-bond acceptors (Lipinski definition) is 5. The minimum atomic E-state index is -1.07. The van der Waals surface area contributed by atoms with Crippen LogP contribution in [-0.2, 0) is 19.0 Å². The van der Waals surface area contributed by atoms with Gasteiger partial charge in [-0.05, 0) is 27.7 Å². The average Bonchev–Trinajstić information content (AvgIpc) is 2.77. The second kappa shape index (κ2) is 7.79. The lowest BCUT2D eigenvalue weighted by Crippen LogP contribution is -2.45. The molecular formula is C16H27NO6. The maximum Gasteiger partial charge on any atom is 0.411 e. The molecule has 23 heavy (non-hydrogen) atoms. The van der Waals surface area contributed by atoms with Crippen LogP contribution in [0.2, 0.25) is 0 Å². The van der Waals surface area contributed by atoms with Crippen molar-refractivity contribution in [3.05, 3.63) is 12.2 Å². The van der Waals surface area contributed by atoms with E-state index in [0.717, 1.165) is 0 Å². The van der Waals surface area contributed by atoms with Crippen molar-refractivity contribution in [1.29, 1.82) is 0 Å². The molecule has 132 valence electrons. The van der Waals surface area contributed by atoms with E-state index < -0.39 is 29.6 Å². The molecule has 0 spiro atoms. The number of hydrogen-bond donors (Lipinski definition) is 1. The normalized spacial score (nSPS) is 24.6. The molecule has 0 saturated carbocycles. The van der Waals surface area contributed by atoms with Gasteiger partial charge in [0.15, 0.2) is 0 Å². The molecule has 1 saturated heterocycles. The van der Waals surface area contributed by atoms with E-state index in [9.17, 15) is 14.7 Å². The van der Waals surface area contributed by atoms with Crippen LogP contribution in [0.15, 0.2) is 12.2 Å². The van der Waals surface area contributed by atoms with Gasteiger partial charge in [-0.15, -0.1) is 0 Å². The number of ether oxygens (including phenoxy) is 3. The van der Waals surface area contributed by atoms with Crippen molar-refractivity contribution >= 4 is 12.1 Å². The Morgan fingerprint density at radius 1 is 1.35 bits per heavy atom. The monoisotopic (exact) mass is 329 g/mol. The first-order valence-corrected chi connectivity index (χ1v) is 7.53. The predicted octanol–water partition coefficient (Wildman–Crippen LogP) is 2.12. The Bertz CT molecular complexity index is 456. The summed E-state index contributed by atoms with van der Waals surface area (Å²) in [6, 6.07) is -1.00. The van der Waals surface area contributed by atoms with Crippen molar-refractivity contribution in [3.63, 3.8) is 0 Å². The summed E-state index contributed by atoms with van der Waals surface area (Å²) in [5, 5.41) is 9.58. The van der Waals surface area contributed by atoms with Crippen LogP contribution in [0, 0.1) is 11.8 Å². The fraction of sp³-hybridized carbons (Fsp3) is 0.750. The van der Waals surface area contributed by atoms with Gasteiger partial charge in [0.05, 0.1) is 6.61 Å². The maximum atomic E-state index is 12.4. The Hall–Kier alpha value is -1.60. The van der Waals surface area contributed by atoms with Crippen molar-refractivity contribution in [2.75, 3.05) is 27.1 Å². The fourth-order valence-electron chi connectivity index (χ4n) is 2.84. The van der Waals surface area contributed by atoms with E-state index in [-0.39, 0.29) is 25.9 Å². The lowest BCUT2D eigenvalue weighted by atomic mass is 9.85. The second-order valence-corrected chi connectivity index (χ2v) is 6.83. The molecule has 3 atom stereocenters. The van der Waals surface area contributed by atoms with Crippen molar-refractivity contribution < 1.29 is 28.9 Å². The zero-order chi connectivity index (χ0) is 17.8. The predicted molar refractivity (Wildman–Crippen MR) is 84.0 cm³/mol. The minimum absolute atomic E-state index is 0.115. The van der Waals surface area contributed by atoms with Crippen LogP contribution in [0.25, 0.3) is 0 Å². The molecule has 1 fully saturated rings. The van der Waals surface area contributed by atoms with Crippen LogP contribution in [0.3, 0.4) is 0 Å². The van der Waals surface area contributed by atoms with E-state index in [4.69, 9.17) is 14.2 Å². The summed E-state index contributed by atoms with van der Waals surface area (Å²) in [4.78, 5) is 25.3. The topological polar surface area (TPSA) is 85.3 Å². The number of carboxylic acids is 1. The smallest absolute Gasteiger partial charge is 0.411 e. The van der Waals surface area contributed by atoms with E-state index in [0.29, 0.717) is 5.57 Å². The lowest BCUT2D eigenvalue weighted by Gasteiger charge is -2.28. The molecule has 1 rings (SSSR count). The third-order valence-electron chi connectivity index (χ3n) is 3.60. The molecule has 1 unspecified atom stereocenters. The summed E-state index contributed by atoms with van der Waals surface area (Å²) in [6.45, 7) is 11.5. The highest BCUT2D eigenvalue weighted by atomic mass is 16.7. The quantitative estimate of drug-likeness (QED) is 0.456. The number of amides is 1. The lowest BCUT2D eigenvalue weighted by molar-refractivity contribution is -0.143. The van der Waals surface area contributed by atoms with Crippen LogP contribution >= 0.6 is 0 Å². The Morgan fingerprint density at radius 3 is 2.39 bits per heavy atom. The third-order valence-corrected chi connectivity index (χ3v) is 3.60. The molecule has 7 heteroatoms. The standard InChI is InChI=1S/C16H27NO6/c1-10(2)12-11(8-22-9-21-6)7-17(13(12)14(18)19)15(20)23-16(3,4)5/h11-13H,1,7-9H2,2-6H3,(H,18,19)/t11-,12+,13?/m0/s1. The summed E-state index contributed by atoms with van der Waals surface area (Å²) >= 11 is 0. The van der Waals surface area contributed by atoms with Gasteiger partial charge in [-0.2, -0.15) is 0 Å². The summed E-state index contributed by atoms with van der Waals surface area (Å²) in [6.07, 6.45) is -0.634. The van der Waals surface area contributed by atoms with E-state index in [1.165, 1.54) is 12.0 Å². The molecule has 1 aliphatic heterocycles. The van der Waals surface area contributed by atoms with Gasteiger partial charge in [0.25, 0.3) is 0 Å². The Morgan fingerprint density at radius 2 is 1.96 bits per heavy atom. The Kier molecular flexibility index (Phi) is 6.58. The van der Waals surface area contributed by atoms with Gasteiger partial charge in [0.2, 0.25) is 0 Å². The number of likely N-dealkylation sites (tertiary alicyclic amines) is 1. The summed E-state index contributed by atoms with van der Waals surface area (Å²) in [5.74, 6) is -1.63. The molecular weight excluding hydrogens is 302 g/mol. The van der Waals surface area contributed by atoms with Crippen LogP contribution in [0.4, 0.5) is 4.79 Å². The van der Waals surface area contributed by atoms with Gasteiger partial charge in [-0.1, -0.05) is 12.2 Å². The molecule has 0 aromatic carbocycles. The first kappa shape index (κ1) is 19.4. The Labute approximate surface area is 137 Å². The first-order chi connectivity index (χ1) is 10.6. The highest BCUT2D eigenvalue weighted by Crippen LogP contribution is 2.36. The van der Waals surface area contributed by atoms with Crippen LogP contribution < -0.4 is 0 Å². The number of aliphatic carboxylic acids is 1. The van der Waals surface area contributed by atoms with Gasteiger partial charge >= 0.3 is 12.1 Å². The number of methoxy groups -OCH3 is 1. The molecule has 1 heterocycles. The van der Waals surface area contributed by atoms with Crippen LogP contribution in [-0.4, -0.2) is 60.8 Å². The number of carboxylic acid groups (broad SMARTS) is 1. The zero-order valence-electron chi connectivity index (χ0n) is 14.5. The molecule has 0 aliphatic carbocycles. The van der Waals surface area contributed by atoms with Gasteiger partial charge in [0, 0.05) is 25.5 Å². The molecule has 0 aromatic rings. The summed E-state index contributed by atoms with van der Waals surface area (Å²) in [7, 11) is 1.51. The van der Waals surface area contributed by atoms with E-state index in [2.05, 4.69) is 6.58 Å². The van der Waals surface area contributed by atoms with Crippen molar-refractivity contribution in [2.24, 2.45) is 11.8 Å². The van der Waals surface area contributed by atoms with Gasteiger partial charge < -0.3 is 19.3 Å². The molecule has 0 radical (unpaired) electrons. The molecule has 1 aliphatic rings. The molecule has 0 aromatic heterocycles. The summed E-state index contributed by atoms with van der Waals surface area (Å²) < 4.78 is 15.5. The highest BCUT2D eigenvalue weighted by molar-refractivity contribution is 5.82. The zero-order valence-corrected chi connectivity index (χ0v) is 14.5. The largest absolute Gasteiger partial charge is 0.480 e. The minimum Gasteiger partial charge on any atom is -0.480 e. The van der Waals surface area contributed by atoms with Crippen LogP contribution in [0.5, 0.6) is 0 Å². The fourth-order valence-corrected chi connectivity index (χ4v) is 2.84. The second-order valence-electron chi connectivity index (χ2n) is 6.83. The number of rotatable bonds is 6. The molecule has 0 bridgehead atoms. The molecule has 7 nitrogen and oxygen atoms in total. The Balaban J connectivity index is 2.98. The van der Waals surface area contributed by atoms with Gasteiger partial charge in [-0.25, -0.2) is 9.59 Å². The number of nitrogens with zero attached hydrogens (tertiary/aromatic N) is 1. The van der Waals surface area contributed by atoms with E-state index in [1.807, 2.05) is 0 Å². The molecule has 1 amide bonds. The molecule has 1 N–H and O–H groups in total.